The van der Waals surface area contributed by atoms with E-state index >= 15 is 0 Å². The summed E-state index contributed by atoms with van der Waals surface area (Å²) in [6.07, 6.45) is 3.78. The quantitative estimate of drug-likeness (QED) is 0.765. The summed E-state index contributed by atoms with van der Waals surface area (Å²) >= 11 is 0. The van der Waals surface area contributed by atoms with Crippen LogP contribution in [0.4, 0.5) is 0 Å². The van der Waals surface area contributed by atoms with Crippen molar-refractivity contribution in [2.75, 3.05) is 19.6 Å². The van der Waals surface area contributed by atoms with Crippen LogP contribution in [0.25, 0.3) is 0 Å². The zero-order chi connectivity index (χ0) is 12.0. The van der Waals surface area contributed by atoms with Crippen molar-refractivity contribution >= 4 is 24.2 Å². The maximum absolute atomic E-state index is 11.7. The first-order valence-corrected chi connectivity index (χ1v) is 5.92. The Balaban J connectivity index is 0.00000256. The Morgan fingerprint density at radius 2 is 1.88 bits per heavy atom. The fourth-order valence-electron chi connectivity index (χ4n) is 1.76. The van der Waals surface area contributed by atoms with E-state index in [0.717, 1.165) is 25.9 Å². The van der Waals surface area contributed by atoms with Gasteiger partial charge in [-0.1, -0.05) is 0 Å². The Morgan fingerprint density at radius 1 is 1.29 bits per heavy atom. The molecule has 6 heteroatoms. The average molecular weight is 264 g/mol. The number of carbonyl (C=O) groups is 2. The lowest BCUT2D eigenvalue weighted by Gasteiger charge is -2.26. The zero-order valence-electron chi connectivity index (χ0n) is 10.3. The van der Waals surface area contributed by atoms with E-state index in [4.69, 9.17) is 5.73 Å². The van der Waals surface area contributed by atoms with E-state index < -0.39 is 6.04 Å². The maximum Gasteiger partial charge on any atom is 0.236 e. The molecule has 0 aromatic carbocycles. The van der Waals surface area contributed by atoms with E-state index in [9.17, 15) is 9.59 Å². The van der Waals surface area contributed by atoms with Crippen molar-refractivity contribution in [2.45, 2.75) is 38.6 Å². The van der Waals surface area contributed by atoms with Crippen molar-refractivity contribution in [1.29, 1.82) is 0 Å². The number of likely N-dealkylation sites (tertiary alicyclic amines) is 1. The minimum absolute atomic E-state index is 0. The third-order valence-corrected chi connectivity index (χ3v) is 2.76. The second kappa shape index (κ2) is 8.31. The summed E-state index contributed by atoms with van der Waals surface area (Å²) in [6, 6.07) is -0.509. The van der Waals surface area contributed by atoms with E-state index in [-0.39, 0.29) is 24.2 Å². The largest absolute Gasteiger partial charge is 0.354 e. The molecule has 1 atom stereocenters. The Kier molecular flexibility index (Phi) is 7.91. The van der Waals surface area contributed by atoms with Crippen LogP contribution in [0.5, 0.6) is 0 Å². The minimum Gasteiger partial charge on any atom is -0.354 e. The van der Waals surface area contributed by atoms with Gasteiger partial charge in [0, 0.05) is 26.1 Å². The Hall–Kier alpha value is -0.810. The monoisotopic (exact) mass is 263 g/mol. The lowest BCUT2D eigenvalue weighted by atomic mass is 10.1. The first-order valence-electron chi connectivity index (χ1n) is 5.92. The van der Waals surface area contributed by atoms with E-state index in [1.165, 1.54) is 6.42 Å². The summed E-state index contributed by atoms with van der Waals surface area (Å²) < 4.78 is 0. The summed E-state index contributed by atoms with van der Waals surface area (Å²) in [5, 5.41) is 2.64. The van der Waals surface area contributed by atoms with E-state index in [2.05, 4.69) is 5.32 Å². The van der Waals surface area contributed by atoms with Crippen molar-refractivity contribution in [1.82, 2.24) is 10.2 Å². The van der Waals surface area contributed by atoms with Gasteiger partial charge >= 0.3 is 0 Å². The summed E-state index contributed by atoms with van der Waals surface area (Å²) in [7, 11) is 0. The highest BCUT2D eigenvalue weighted by molar-refractivity contribution is 5.85. The van der Waals surface area contributed by atoms with Gasteiger partial charge in [0.05, 0.1) is 6.04 Å². The molecule has 100 valence electrons. The predicted molar refractivity (Wildman–Crippen MR) is 69.0 cm³/mol. The van der Waals surface area contributed by atoms with Gasteiger partial charge in [-0.3, -0.25) is 9.59 Å². The van der Waals surface area contributed by atoms with Crippen LogP contribution < -0.4 is 11.1 Å². The fraction of sp³-hybridized carbons (Fsp3) is 0.818. The molecule has 5 nitrogen and oxygen atoms in total. The van der Waals surface area contributed by atoms with Crippen LogP contribution >= 0.6 is 12.4 Å². The molecule has 1 heterocycles. The number of nitrogens with one attached hydrogen (secondary N) is 1. The summed E-state index contributed by atoms with van der Waals surface area (Å²) in [5.74, 6) is -0.0730. The van der Waals surface area contributed by atoms with Crippen LogP contribution in [0.15, 0.2) is 0 Å². The molecule has 0 aromatic rings. The molecule has 0 bridgehead atoms. The third-order valence-electron chi connectivity index (χ3n) is 2.76. The highest BCUT2D eigenvalue weighted by atomic mass is 35.5. The molecule has 1 aliphatic heterocycles. The first kappa shape index (κ1) is 16.2. The van der Waals surface area contributed by atoms with Gasteiger partial charge in [-0.05, 0) is 26.2 Å². The van der Waals surface area contributed by atoms with Crippen LogP contribution in [0.2, 0.25) is 0 Å². The SMILES string of the molecule is C[C@H](N)C(=O)NCCC(=O)N1CCCCC1.Cl. The topological polar surface area (TPSA) is 75.4 Å². The van der Waals surface area contributed by atoms with Crippen LogP contribution in [0, 0.1) is 0 Å². The number of piperidine rings is 1. The van der Waals surface area contributed by atoms with Gasteiger partial charge < -0.3 is 16.0 Å². The van der Waals surface area contributed by atoms with Crippen molar-refractivity contribution in [2.24, 2.45) is 5.73 Å². The molecular formula is C11H22ClN3O2. The molecule has 0 saturated carbocycles. The maximum atomic E-state index is 11.7. The molecule has 17 heavy (non-hydrogen) atoms. The normalized spacial score (nSPS) is 16.9. The summed E-state index contributed by atoms with van der Waals surface area (Å²) in [4.78, 5) is 24.7. The smallest absolute Gasteiger partial charge is 0.236 e. The Labute approximate surface area is 109 Å². The predicted octanol–water partition coefficient (Wildman–Crippen LogP) is 0.274. The van der Waals surface area contributed by atoms with Gasteiger partial charge in [0.1, 0.15) is 0 Å². The second-order valence-electron chi connectivity index (χ2n) is 4.27. The molecular weight excluding hydrogens is 242 g/mol. The van der Waals surface area contributed by atoms with Gasteiger partial charge in [0.2, 0.25) is 11.8 Å². The van der Waals surface area contributed by atoms with Gasteiger partial charge in [-0.15, -0.1) is 12.4 Å². The number of carbonyl (C=O) groups excluding carboxylic acids is 2. The summed E-state index contributed by atoms with van der Waals surface area (Å²) in [6.45, 7) is 3.73. The number of rotatable bonds is 4. The molecule has 2 amide bonds. The number of halogens is 1. The fourth-order valence-corrected chi connectivity index (χ4v) is 1.76. The van der Waals surface area contributed by atoms with Gasteiger partial charge in [0.15, 0.2) is 0 Å². The lowest BCUT2D eigenvalue weighted by Crippen LogP contribution is -2.41. The molecule has 3 N–H and O–H groups in total. The molecule has 1 fully saturated rings. The molecule has 0 radical (unpaired) electrons. The van der Waals surface area contributed by atoms with Gasteiger partial charge in [-0.2, -0.15) is 0 Å². The van der Waals surface area contributed by atoms with Crippen molar-refractivity contribution in [3.05, 3.63) is 0 Å². The van der Waals surface area contributed by atoms with E-state index in [1.807, 2.05) is 4.90 Å². The third kappa shape index (κ3) is 5.89. The van der Waals surface area contributed by atoms with Gasteiger partial charge in [-0.25, -0.2) is 0 Å². The van der Waals surface area contributed by atoms with Crippen molar-refractivity contribution in [3.8, 4) is 0 Å². The molecule has 0 aromatic heterocycles. The minimum atomic E-state index is -0.509. The van der Waals surface area contributed by atoms with E-state index in [1.54, 1.807) is 6.92 Å². The van der Waals surface area contributed by atoms with Crippen LogP contribution in [0.1, 0.15) is 32.6 Å². The number of hydrogen-bond donors (Lipinski definition) is 2. The number of nitrogens with zero attached hydrogens (tertiary/aromatic N) is 1. The standard InChI is InChI=1S/C11H21N3O2.ClH/c1-9(12)11(16)13-6-5-10(15)14-7-3-2-4-8-14;/h9H,2-8,12H2,1H3,(H,13,16);1H/t9-;/m0./s1. The number of amides is 2. The molecule has 1 aliphatic rings. The van der Waals surface area contributed by atoms with E-state index in [0.29, 0.717) is 13.0 Å². The number of hydrogen-bond acceptors (Lipinski definition) is 3. The molecule has 1 saturated heterocycles. The highest BCUT2D eigenvalue weighted by Crippen LogP contribution is 2.09. The first-order chi connectivity index (χ1) is 7.61. The molecule has 0 aliphatic carbocycles. The Bertz CT molecular complexity index is 253. The Morgan fingerprint density at radius 3 is 2.41 bits per heavy atom. The number of nitrogens with two attached hydrogens (primary N) is 1. The summed E-state index contributed by atoms with van der Waals surface area (Å²) in [5.41, 5.74) is 5.39. The molecule has 0 unspecified atom stereocenters. The zero-order valence-corrected chi connectivity index (χ0v) is 11.1. The highest BCUT2D eigenvalue weighted by Gasteiger charge is 2.16. The van der Waals surface area contributed by atoms with Gasteiger partial charge in [0.25, 0.3) is 0 Å². The van der Waals surface area contributed by atoms with Crippen LogP contribution in [0.3, 0.4) is 0 Å². The van der Waals surface area contributed by atoms with Crippen molar-refractivity contribution < 1.29 is 9.59 Å². The molecule has 1 rings (SSSR count). The average Bonchev–Trinajstić information content (AvgIpc) is 2.29. The van der Waals surface area contributed by atoms with Crippen molar-refractivity contribution in [3.63, 3.8) is 0 Å². The lowest BCUT2D eigenvalue weighted by molar-refractivity contribution is -0.132. The second-order valence-corrected chi connectivity index (χ2v) is 4.27. The van der Waals surface area contributed by atoms with Crippen LogP contribution in [-0.2, 0) is 9.59 Å². The van der Waals surface area contributed by atoms with Crippen LogP contribution in [-0.4, -0.2) is 42.4 Å². The molecule has 0 spiro atoms.